The zero-order valence-corrected chi connectivity index (χ0v) is 18.0. The van der Waals surface area contributed by atoms with Crippen LogP contribution in [0.1, 0.15) is 64.2 Å². The minimum Gasteiger partial charge on any atom is -0.467 e. The molecule has 1 heterocycles. The first-order valence-corrected chi connectivity index (χ1v) is 10.6. The molecule has 29 heavy (non-hydrogen) atoms. The van der Waals surface area contributed by atoms with Crippen LogP contribution in [0, 0.1) is 0 Å². The molecule has 0 bridgehead atoms. The minimum atomic E-state index is -0.0686. The molecule has 0 N–H and O–H groups in total. The van der Waals surface area contributed by atoms with Gasteiger partial charge in [-0.05, 0) is 38.0 Å². The fourth-order valence-electron chi connectivity index (χ4n) is 3.28. The fourth-order valence-corrected chi connectivity index (χ4v) is 3.28. The van der Waals surface area contributed by atoms with E-state index in [4.69, 9.17) is 4.42 Å². The van der Waals surface area contributed by atoms with Crippen LogP contribution in [0.2, 0.25) is 0 Å². The first-order valence-electron chi connectivity index (χ1n) is 10.6. The molecule has 5 heteroatoms. The van der Waals surface area contributed by atoms with Crippen LogP contribution < -0.4 is 0 Å². The van der Waals surface area contributed by atoms with Crippen molar-refractivity contribution >= 4 is 11.8 Å². The molecule has 0 aliphatic heterocycles. The number of benzene rings is 1. The molecule has 0 radical (unpaired) electrons. The normalized spacial score (nSPS) is 10.9. The summed E-state index contributed by atoms with van der Waals surface area (Å²) in [5.74, 6) is 0.722. The van der Waals surface area contributed by atoms with Crippen molar-refractivity contribution in [1.29, 1.82) is 0 Å². The molecule has 0 atom stereocenters. The highest BCUT2D eigenvalue weighted by Crippen LogP contribution is 2.14. The van der Waals surface area contributed by atoms with Crippen LogP contribution in [-0.2, 0) is 22.7 Å². The van der Waals surface area contributed by atoms with Gasteiger partial charge in [0.05, 0.1) is 19.4 Å². The molecule has 0 aliphatic rings. The van der Waals surface area contributed by atoms with Gasteiger partial charge in [-0.15, -0.1) is 0 Å². The van der Waals surface area contributed by atoms with Crippen molar-refractivity contribution in [2.24, 2.45) is 0 Å². The van der Waals surface area contributed by atoms with Crippen molar-refractivity contribution in [1.82, 2.24) is 9.80 Å². The summed E-state index contributed by atoms with van der Waals surface area (Å²) in [5.41, 5.74) is 1.05. The first kappa shape index (κ1) is 22.7. The van der Waals surface area contributed by atoms with Crippen LogP contribution in [0.4, 0.5) is 0 Å². The Hall–Kier alpha value is -2.56. The van der Waals surface area contributed by atoms with Gasteiger partial charge in [0, 0.05) is 19.0 Å². The highest BCUT2D eigenvalue weighted by atomic mass is 16.3. The van der Waals surface area contributed by atoms with E-state index in [2.05, 4.69) is 6.92 Å². The summed E-state index contributed by atoms with van der Waals surface area (Å²) < 4.78 is 5.45. The summed E-state index contributed by atoms with van der Waals surface area (Å²) in [4.78, 5) is 29.3. The molecule has 2 amide bonds. The lowest BCUT2D eigenvalue weighted by Gasteiger charge is -2.30. The average molecular weight is 399 g/mol. The van der Waals surface area contributed by atoms with E-state index in [1.54, 1.807) is 16.1 Å². The van der Waals surface area contributed by atoms with Crippen molar-refractivity contribution in [2.75, 3.05) is 6.54 Å². The van der Waals surface area contributed by atoms with E-state index in [0.29, 0.717) is 19.5 Å². The Bertz CT molecular complexity index is 726. The van der Waals surface area contributed by atoms with Crippen LogP contribution >= 0.6 is 0 Å². The van der Waals surface area contributed by atoms with E-state index in [1.807, 2.05) is 56.3 Å². The third-order valence-electron chi connectivity index (χ3n) is 4.99. The Morgan fingerprint density at radius 2 is 1.69 bits per heavy atom. The Labute approximate surface area is 174 Å². The van der Waals surface area contributed by atoms with Crippen molar-refractivity contribution in [3.8, 4) is 0 Å². The summed E-state index contributed by atoms with van der Waals surface area (Å²) >= 11 is 0. The van der Waals surface area contributed by atoms with Crippen molar-refractivity contribution < 1.29 is 14.0 Å². The quantitative estimate of drug-likeness (QED) is 0.472. The third kappa shape index (κ3) is 7.76. The largest absolute Gasteiger partial charge is 0.467 e. The lowest BCUT2D eigenvalue weighted by molar-refractivity contribution is -0.143. The smallest absolute Gasteiger partial charge is 0.242 e. The predicted molar refractivity (Wildman–Crippen MR) is 115 cm³/mol. The number of rotatable bonds is 12. The van der Waals surface area contributed by atoms with E-state index in [9.17, 15) is 9.59 Å². The van der Waals surface area contributed by atoms with Gasteiger partial charge in [0.1, 0.15) is 5.76 Å². The number of carbonyl (C=O) groups excluding carboxylic acids is 2. The summed E-state index contributed by atoms with van der Waals surface area (Å²) in [6, 6.07) is 13.6. The molecule has 0 aliphatic carbocycles. The average Bonchev–Trinajstić information content (AvgIpc) is 3.22. The van der Waals surface area contributed by atoms with Crippen molar-refractivity contribution in [3.63, 3.8) is 0 Å². The maximum absolute atomic E-state index is 13.2. The van der Waals surface area contributed by atoms with Gasteiger partial charge in [-0.3, -0.25) is 9.59 Å². The molecule has 158 valence electrons. The van der Waals surface area contributed by atoms with E-state index in [1.165, 1.54) is 0 Å². The summed E-state index contributed by atoms with van der Waals surface area (Å²) in [7, 11) is 0. The molecular formula is C24H34N2O3. The van der Waals surface area contributed by atoms with Gasteiger partial charge in [-0.1, -0.05) is 56.5 Å². The SMILES string of the molecule is CCCCCCC(=O)N(CC(=O)N(Cc1ccccc1)Cc1ccco1)C(C)C. The van der Waals surface area contributed by atoms with Crippen LogP contribution in [0.3, 0.4) is 0 Å². The van der Waals surface area contributed by atoms with Gasteiger partial charge < -0.3 is 14.2 Å². The summed E-state index contributed by atoms with van der Waals surface area (Å²) in [6.45, 7) is 7.05. The Kier molecular flexibility index (Phi) is 9.48. The van der Waals surface area contributed by atoms with E-state index in [-0.39, 0.29) is 24.4 Å². The zero-order valence-electron chi connectivity index (χ0n) is 18.0. The van der Waals surface area contributed by atoms with Gasteiger partial charge in [0.25, 0.3) is 0 Å². The molecule has 0 spiro atoms. The fraction of sp³-hybridized carbons (Fsp3) is 0.500. The molecule has 5 nitrogen and oxygen atoms in total. The number of nitrogens with zero attached hydrogens (tertiary/aromatic N) is 2. The van der Waals surface area contributed by atoms with Crippen molar-refractivity contribution in [3.05, 3.63) is 60.1 Å². The Balaban J connectivity index is 2.05. The molecule has 0 fully saturated rings. The summed E-state index contributed by atoms with van der Waals surface area (Å²) in [5, 5.41) is 0. The highest BCUT2D eigenvalue weighted by Gasteiger charge is 2.24. The van der Waals surface area contributed by atoms with Crippen LogP contribution in [0.25, 0.3) is 0 Å². The van der Waals surface area contributed by atoms with Crippen LogP contribution in [-0.4, -0.2) is 34.2 Å². The number of hydrogen-bond acceptors (Lipinski definition) is 3. The minimum absolute atomic E-state index is 0.0141. The number of unbranched alkanes of at least 4 members (excludes halogenated alkanes) is 3. The highest BCUT2D eigenvalue weighted by molar-refractivity contribution is 5.85. The Morgan fingerprint density at radius 3 is 2.31 bits per heavy atom. The second kappa shape index (κ2) is 12.1. The standard InChI is InChI=1S/C24H34N2O3/c1-4-5-6-10-15-23(27)26(20(2)3)19-24(28)25(18-22-14-11-16-29-22)17-21-12-8-7-9-13-21/h7-9,11-14,16,20H,4-6,10,15,17-19H2,1-3H3. The topological polar surface area (TPSA) is 53.8 Å². The third-order valence-corrected chi connectivity index (χ3v) is 4.99. The van der Waals surface area contributed by atoms with E-state index in [0.717, 1.165) is 37.0 Å². The second-order valence-electron chi connectivity index (χ2n) is 7.74. The zero-order chi connectivity index (χ0) is 21.1. The molecular weight excluding hydrogens is 364 g/mol. The number of hydrogen-bond donors (Lipinski definition) is 0. The van der Waals surface area contributed by atoms with E-state index >= 15 is 0 Å². The lowest BCUT2D eigenvalue weighted by Crippen LogP contribution is -2.45. The summed E-state index contributed by atoms with van der Waals surface area (Å²) in [6.07, 6.45) is 6.33. The lowest BCUT2D eigenvalue weighted by atomic mass is 10.1. The Morgan fingerprint density at radius 1 is 0.931 bits per heavy atom. The monoisotopic (exact) mass is 398 g/mol. The number of carbonyl (C=O) groups is 2. The molecule has 1 aromatic carbocycles. The second-order valence-corrected chi connectivity index (χ2v) is 7.74. The number of furan rings is 1. The van der Waals surface area contributed by atoms with Gasteiger partial charge in [0.15, 0.2) is 0 Å². The van der Waals surface area contributed by atoms with Crippen LogP contribution in [0.15, 0.2) is 53.1 Å². The van der Waals surface area contributed by atoms with Gasteiger partial charge in [-0.25, -0.2) is 0 Å². The van der Waals surface area contributed by atoms with Crippen LogP contribution in [0.5, 0.6) is 0 Å². The molecule has 0 unspecified atom stereocenters. The van der Waals surface area contributed by atoms with Crippen molar-refractivity contribution in [2.45, 2.75) is 72.0 Å². The molecule has 2 rings (SSSR count). The first-order chi connectivity index (χ1) is 14.0. The predicted octanol–water partition coefficient (Wildman–Crippen LogP) is 5.02. The van der Waals surface area contributed by atoms with Gasteiger partial charge in [-0.2, -0.15) is 0 Å². The maximum Gasteiger partial charge on any atom is 0.242 e. The number of amides is 2. The molecule has 2 aromatic rings. The molecule has 1 aromatic heterocycles. The molecule has 0 saturated carbocycles. The van der Waals surface area contributed by atoms with E-state index < -0.39 is 0 Å². The maximum atomic E-state index is 13.2. The molecule has 0 saturated heterocycles. The van der Waals surface area contributed by atoms with Gasteiger partial charge in [0.2, 0.25) is 11.8 Å². The van der Waals surface area contributed by atoms with Gasteiger partial charge >= 0.3 is 0 Å².